The number of rotatable bonds is 5. The van der Waals surface area contributed by atoms with Gasteiger partial charge in [0.05, 0.1) is 5.88 Å². The van der Waals surface area contributed by atoms with Crippen LogP contribution in [0.5, 0.6) is 0 Å². The van der Waals surface area contributed by atoms with E-state index < -0.39 is 0 Å². The van der Waals surface area contributed by atoms with Gasteiger partial charge in [-0.2, -0.15) is 0 Å². The Morgan fingerprint density at radius 1 is 1.40 bits per heavy atom. The van der Waals surface area contributed by atoms with E-state index in [0.29, 0.717) is 18.4 Å². The summed E-state index contributed by atoms with van der Waals surface area (Å²) in [6.45, 7) is 5.00. The summed E-state index contributed by atoms with van der Waals surface area (Å²) in [6, 6.07) is 0. The van der Waals surface area contributed by atoms with E-state index in [4.69, 9.17) is 27.9 Å². The molecule has 1 unspecified atom stereocenters. The van der Waals surface area contributed by atoms with E-state index in [1.54, 1.807) is 0 Å². The fraction of sp³-hybridized carbons (Fsp3) is 1.00. The number of hydrogen-bond acceptors (Lipinski definition) is 1. The summed E-state index contributed by atoms with van der Waals surface area (Å²) < 4.78 is 5.14. The van der Waals surface area contributed by atoms with Crippen LogP contribution in [-0.2, 0) is 4.74 Å². The monoisotopic (exact) mass is 184 g/mol. The van der Waals surface area contributed by atoms with Crippen LogP contribution in [0.25, 0.3) is 0 Å². The number of ether oxygens (including phenoxy) is 1. The van der Waals surface area contributed by atoms with Crippen molar-refractivity contribution in [3.8, 4) is 0 Å². The maximum absolute atomic E-state index is 5.59. The lowest BCUT2D eigenvalue weighted by molar-refractivity contribution is 0.111. The van der Waals surface area contributed by atoms with E-state index in [-0.39, 0.29) is 5.56 Å². The summed E-state index contributed by atoms with van der Waals surface area (Å²) >= 11 is 11.0. The molecule has 0 heterocycles. The molecule has 0 spiro atoms. The third-order valence-corrected chi connectivity index (χ3v) is 1.83. The van der Waals surface area contributed by atoms with E-state index >= 15 is 0 Å². The molecule has 0 aliphatic carbocycles. The molecular formula is C7H14Cl2O. The Morgan fingerprint density at radius 3 is 2.40 bits per heavy atom. The Hall–Kier alpha value is 0.540. The van der Waals surface area contributed by atoms with Crippen molar-refractivity contribution in [3.63, 3.8) is 0 Å². The van der Waals surface area contributed by atoms with Gasteiger partial charge >= 0.3 is 0 Å². The first kappa shape index (κ1) is 10.5. The van der Waals surface area contributed by atoms with Crippen molar-refractivity contribution in [1.82, 2.24) is 0 Å². The third kappa shape index (κ3) is 6.66. The predicted molar refractivity (Wildman–Crippen MR) is 45.8 cm³/mol. The lowest BCUT2D eigenvalue weighted by Gasteiger charge is -2.08. The SMILES string of the molecule is CC(C)CCOC(Cl)CCl. The molecule has 0 fully saturated rings. The average Bonchev–Trinajstić information content (AvgIpc) is 1.87. The van der Waals surface area contributed by atoms with E-state index in [1.165, 1.54) is 0 Å². The quantitative estimate of drug-likeness (QED) is 0.598. The molecule has 0 aromatic carbocycles. The van der Waals surface area contributed by atoms with E-state index in [1.807, 2.05) is 0 Å². The fourth-order valence-electron chi connectivity index (χ4n) is 0.476. The largest absolute Gasteiger partial charge is 0.361 e. The molecule has 3 heteroatoms. The van der Waals surface area contributed by atoms with Crippen LogP contribution in [0.3, 0.4) is 0 Å². The van der Waals surface area contributed by atoms with Crippen LogP contribution < -0.4 is 0 Å². The van der Waals surface area contributed by atoms with Crippen LogP contribution in [0.4, 0.5) is 0 Å². The topological polar surface area (TPSA) is 9.23 Å². The zero-order valence-electron chi connectivity index (χ0n) is 6.44. The van der Waals surface area contributed by atoms with E-state index in [0.717, 1.165) is 6.42 Å². The van der Waals surface area contributed by atoms with Gasteiger partial charge in [-0.25, -0.2) is 0 Å². The molecular weight excluding hydrogens is 171 g/mol. The van der Waals surface area contributed by atoms with Crippen LogP contribution in [0, 0.1) is 5.92 Å². The molecule has 0 aliphatic rings. The van der Waals surface area contributed by atoms with Gasteiger partial charge in [0, 0.05) is 6.61 Å². The molecule has 0 N–H and O–H groups in total. The number of hydrogen-bond donors (Lipinski definition) is 0. The summed E-state index contributed by atoms with van der Waals surface area (Å²) in [5.41, 5.74) is -0.319. The Morgan fingerprint density at radius 2 is 2.00 bits per heavy atom. The Labute approximate surface area is 72.6 Å². The molecule has 0 amide bonds. The van der Waals surface area contributed by atoms with Crippen LogP contribution >= 0.6 is 23.2 Å². The molecule has 0 saturated carbocycles. The van der Waals surface area contributed by atoms with Gasteiger partial charge in [0.2, 0.25) is 0 Å². The molecule has 62 valence electrons. The maximum atomic E-state index is 5.59. The van der Waals surface area contributed by atoms with Crippen LogP contribution in [0.2, 0.25) is 0 Å². The summed E-state index contributed by atoms with van der Waals surface area (Å²) in [5.74, 6) is 1.03. The molecule has 0 rings (SSSR count). The highest BCUT2D eigenvalue weighted by atomic mass is 35.5. The Kier molecular flexibility index (Phi) is 6.60. The predicted octanol–water partition coefficient (Wildman–Crippen LogP) is 2.85. The van der Waals surface area contributed by atoms with E-state index in [2.05, 4.69) is 13.8 Å². The second-order valence-electron chi connectivity index (χ2n) is 2.62. The van der Waals surface area contributed by atoms with Gasteiger partial charge in [-0.3, -0.25) is 0 Å². The van der Waals surface area contributed by atoms with Gasteiger partial charge in [-0.1, -0.05) is 25.4 Å². The van der Waals surface area contributed by atoms with Crippen molar-refractivity contribution >= 4 is 23.2 Å². The van der Waals surface area contributed by atoms with Crippen LogP contribution in [0.1, 0.15) is 20.3 Å². The second kappa shape index (κ2) is 6.26. The van der Waals surface area contributed by atoms with Gasteiger partial charge < -0.3 is 4.74 Å². The molecule has 1 atom stereocenters. The van der Waals surface area contributed by atoms with Gasteiger partial charge in [0.15, 0.2) is 0 Å². The van der Waals surface area contributed by atoms with Crippen molar-refractivity contribution in [1.29, 1.82) is 0 Å². The summed E-state index contributed by atoms with van der Waals surface area (Å²) in [4.78, 5) is 0. The smallest absolute Gasteiger partial charge is 0.144 e. The second-order valence-corrected chi connectivity index (χ2v) is 3.41. The molecule has 0 aromatic rings. The fourth-order valence-corrected chi connectivity index (χ4v) is 0.654. The van der Waals surface area contributed by atoms with Crippen molar-refractivity contribution < 1.29 is 4.74 Å². The third-order valence-electron chi connectivity index (χ3n) is 1.12. The molecule has 0 aromatic heterocycles. The minimum absolute atomic E-state index is 0.319. The highest BCUT2D eigenvalue weighted by Gasteiger charge is 2.01. The van der Waals surface area contributed by atoms with Gasteiger partial charge in [-0.15, -0.1) is 11.6 Å². The lowest BCUT2D eigenvalue weighted by Crippen LogP contribution is -2.09. The first-order valence-electron chi connectivity index (χ1n) is 3.48. The summed E-state index contributed by atoms with van der Waals surface area (Å²) in [7, 11) is 0. The van der Waals surface area contributed by atoms with Crippen molar-refractivity contribution in [2.45, 2.75) is 25.8 Å². The van der Waals surface area contributed by atoms with Gasteiger partial charge in [0.25, 0.3) is 0 Å². The number of alkyl halides is 2. The summed E-state index contributed by atoms with van der Waals surface area (Å²) in [6.07, 6.45) is 1.04. The molecule has 0 aliphatic heterocycles. The standard InChI is InChI=1S/C7H14Cl2O/c1-6(2)3-4-10-7(9)5-8/h6-7H,3-5H2,1-2H3. The van der Waals surface area contributed by atoms with Crippen LogP contribution in [-0.4, -0.2) is 18.1 Å². The Bertz CT molecular complexity index is 76.0. The van der Waals surface area contributed by atoms with Crippen molar-refractivity contribution in [3.05, 3.63) is 0 Å². The van der Waals surface area contributed by atoms with Crippen molar-refractivity contribution in [2.75, 3.05) is 12.5 Å². The minimum atomic E-state index is -0.319. The van der Waals surface area contributed by atoms with Gasteiger partial charge in [0.1, 0.15) is 5.56 Å². The first-order chi connectivity index (χ1) is 4.66. The minimum Gasteiger partial charge on any atom is -0.361 e. The summed E-state index contributed by atoms with van der Waals surface area (Å²) in [5, 5.41) is 0. The van der Waals surface area contributed by atoms with Crippen molar-refractivity contribution in [2.24, 2.45) is 5.92 Å². The van der Waals surface area contributed by atoms with E-state index in [9.17, 15) is 0 Å². The molecule has 1 nitrogen and oxygen atoms in total. The van der Waals surface area contributed by atoms with Crippen LogP contribution in [0.15, 0.2) is 0 Å². The van der Waals surface area contributed by atoms with Gasteiger partial charge in [-0.05, 0) is 12.3 Å². The molecule has 10 heavy (non-hydrogen) atoms. The zero-order chi connectivity index (χ0) is 7.98. The first-order valence-corrected chi connectivity index (χ1v) is 4.45. The maximum Gasteiger partial charge on any atom is 0.144 e. The molecule has 0 radical (unpaired) electrons. The lowest BCUT2D eigenvalue weighted by atomic mass is 10.1. The molecule has 0 bridgehead atoms. The normalized spacial score (nSPS) is 14.1. The highest BCUT2D eigenvalue weighted by molar-refractivity contribution is 6.27. The molecule has 0 saturated heterocycles. The zero-order valence-corrected chi connectivity index (χ0v) is 7.95. The number of halogens is 2. The highest BCUT2D eigenvalue weighted by Crippen LogP contribution is 2.04. The Balaban J connectivity index is 3.03. The average molecular weight is 185 g/mol.